The molecule has 86 valence electrons. The first-order valence-corrected chi connectivity index (χ1v) is 5.41. The summed E-state index contributed by atoms with van der Waals surface area (Å²) in [6, 6.07) is 4.58. The molecule has 1 aliphatic rings. The van der Waals surface area contributed by atoms with E-state index in [0.717, 1.165) is 6.42 Å². The lowest BCUT2D eigenvalue weighted by Gasteiger charge is -2.19. The average Bonchev–Trinajstić information content (AvgIpc) is 2.43. The van der Waals surface area contributed by atoms with Crippen LogP contribution in [-0.2, 0) is 6.42 Å². The lowest BCUT2D eigenvalue weighted by molar-refractivity contribution is 0.0727. The Morgan fingerprint density at radius 1 is 1.44 bits per heavy atom. The summed E-state index contributed by atoms with van der Waals surface area (Å²) in [6.45, 7) is 0.832. The van der Waals surface area contributed by atoms with Crippen LogP contribution in [0.4, 0.5) is 4.39 Å². The molecule has 0 saturated heterocycles. The SMILES string of the molecule is O=C1c2cccc(F)c2CCCN1CCO. The number of carbonyl (C=O) groups is 1. The van der Waals surface area contributed by atoms with E-state index >= 15 is 0 Å². The van der Waals surface area contributed by atoms with E-state index in [9.17, 15) is 9.18 Å². The van der Waals surface area contributed by atoms with E-state index in [1.807, 2.05) is 0 Å². The minimum Gasteiger partial charge on any atom is -0.395 e. The van der Waals surface area contributed by atoms with E-state index in [2.05, 4.69) is 0 Å². The molecular formula is C12H14FNO2. The van der Waals surface area contributed by atoms with Gasteiger partial charge >= 0.3 is 0 Å². The molecule has 0 spiro atoms. The first-order valence-electron chi connectivity index (χ1n) is 5.41. The van der Waals surface area contributed by atoms with E-state index in [-0.39, 0.29) is 18.3 Å². The molecule has 2 rings (SSSR count). The number of halogens is 1. The molecule has 0 atom stereocenters. The van der Waals surface area contributed by atoms with Crippen LogP contribution in [-0.4, -0.2) is 35.6 Å². The lowest BCUT2D eigenvalue weighted by atomic mass is 10.0. The maximum atomic E-state index is 13.5. The Bertz CT molecular complexity index is 406. The zero-order valence-corrected chi connectivity index (χ0v) is 8.95. The molecule has 3 nitrogen and oxygen atoms in total. The normalized spacial score (nSPS) is 15.9. The van der Waals surface area contributed by atoms with E-state index < -0.39 is 0 Å². The van der Waals surface area contributed by atoms with Gasteiger partial charge in [-0.05, 0) is 25.0 Å². The number of hydrogen-bond donors (Lipinski definition) is 1. The number of benzene rings is 1. The standard InChI is InChI=1S/C12H14FNO2/c13-11-5-1-3-10-9(11)4-2-6-14(7-8-15)12(10)16/h1,3,5,15H,2,4,6-8H2. The molecule has 0 saturated carbocycles. The van der Waals surface area contributed by atoms with Gasteiger partial charge in [0.1, 0.15) is 5.82 Å². The number of amides is 1. The molecule has 1 amide bonds. The van der Waals surface area contributed by atoms with Gasteiger partial charge in [0.05, 0.1) is 6.61 Å². The summed E-state index contributed by atoms with van der Waals surface area (Å²) >= 11 is 0. The Hall–Kier alpha value is -1.42. The Morgan fingerprint density at radius 2 is 2.25 bits per heavy atom. The fourth-order valence-electron chi connectivity index (χ4n) is 2.07. The second-order valence-corrected chi connectivity index (χ2v) is 3.89. The van der Waals surface area contributed by atoms with Crippen molar-refractivity contribution in [2.24, 2.45) is 0 Å². The molecule has 1 heterocycles. The van der Waals surface area contributed by atoms with Gasteiger partial charge in [-0.3, -0.25) is 4.79 Å². The van der Waals surface area contributed by atoms with Gasteiger partial charge in [0.25, 0.3) is 5.91 Å². The van der Waals surface area contributed by atoms with Crippen LogP contribution in [0.1, 0.15) is 22.3 Å². The van der Waals surface area contributed by atoms with Crippen molar-refractivity contribution in [2.75, 3.05) is 19.7 Å². The van der Waals surface area contributed by atoms with Crippen molar-refractivity contribution in [3.63, 3.8) is 0 Å². The van der Waals surface area contributed by atoms with Crippen molar-refractivity contribution in [1.29, 1.82) is 0 Å². The smallest absolute Gasteiger partial charge is 0.254 e. The Balaban J connectivity index is 2.37. The summed E-state index contributed by atoms with van der Waals surface area (Å²) in [6.07, 6.45) is 1.31. The molecule has 0 unspecified atom stereocenters. The van der Waals surface area contributed by atoms with E-state index in [0.29, 0.717) is 30.6 Å². The van der Waals surface area contributed by atoms with Crippen LogP contribution < -0.4 is 0 Å². The van der Waals surface area contributed by atoms with Crippen molar-refractivity contribution in [2.45, 2.75) is 12.8 Å². The quantitative estimate of drug-likeness (QED) is 0.818. The van der Waals surface area contributed by atoms with Gasteiger partial charge in [-0.2, -0.15) is 0 Å². The van der Waals surface area contributed by atoms with Crippen molar-refractivity contribution < 1.29 is 14.3 Å². The van der Waals surface area contributed by atoms with Gasteiger partial charge in [0, 0.05) is 24.2 Å². The van der Waals surface area contributed by atoms with Gasteiger partial charge in [0.15, 0.2) is 0 Å². The summed E-state index contributed by atoms with van der Waals surface area (Å²) < 4.78 is 13.5. The second kappa shape index (κ2) is 4.61. The molecule has 0 aliphatic carbocycles. The third-order valence-electron chi connectivity index (χ3n) is 2.86. The number of nitrogens with zero attached hydrogens (tertiary/aromatic N) is 1. The van der Waals surface area contributed by atoms with Gasteiger partial charge < -0.3 is 10.0 Å². The molecule has 4 heteroatoms. The minimum absolute atomic E-state index is 0.0591. The topological polar surface area (TPSA) is 40.5 Å². The van der Waals surface area contributed by atoms with Crippen LogP contribution in [0.25, 0.3) is 0 Å². The molecule has 0 radical (unpaired) electrons. The molecule has 16 heavy (non-hydrogen) atoms. The molecule has 0 fully saturated rings. The Morgan fingerprint density at radius 3 is 3.00 bits per heavy atom. The molecule has 0 aromatic heterocycles. The molecule has 0 bridgehead atoms. The summed E-state index contributed by atoms with van der Waals surface area (Å²) in [7, 11) is 0. The highest BCUT2D eigenvalue weighted by molar-refractivity contribution is 5.96. The number of rotatable bonds is 2. The highest BCUT2D eigenvalue weighted by Crippen LogP contribution is 2.21. The van der Waals surface area contributed by atoms with Gasteiger partial charge in [-0.25, -0.2) is 4.39 Å². The van der Waals surface area contributed by atoms with Crippen molar-refractivity contribution in [3.05, 3.63) is 35.1 Å². The highest BCUT2D eigenvalue weighted by Gasteiger charge is 2.23. The molecule has 1 aromatic carbocycles. The third-order valence-corrected chi connectivity index (χ3v) is 2.86. The number of hydrogen-bond acceptors (Lipinski definition) is 2. The number of carbonyl (C=O) groups excluding carboxylic acids is 1. The lowest BCUT2D eigenvalue weighted by Crippen LogP contribution is -2.33. The summed E-state index contributed by atoms with van der Waals surface area (Å²) in [5, 5.41) is 8.86. The predicted molar refractivity (Wildman–Crippen MR) is 57.7 cm³/mol. The fraction of sp³-hybridized carbons (Fsp3) is 0.417. The Kier molecular flexibility index (Phi) is 3.19. The highest BCUT2D eigenvalue weighted by atomic mass is 19.1. The van der Waals surface area contributed by atoms with Crippen LogP contribution in [0.2, 0.25) is 0 Å². The van der Waals surface area contributed by atoms with Crippen molar-refractivity contribution in [3.8, 4) is 0 Å². The molecule has 1 aromatic rings. The number of β-amino-alcohol motifs (C(OH)–C–C–N with tert-alkyl or cyclic N) is 1. The first-order chi connectivity index (χ1) is 7.74. The van der Waals surface area contributed by atoms with Crippen LogP contribution in [0, 0.1) is 5.82 Å². The van der Waals surface area contributed by atoms with Crippen LogP contribution >= 0.6 is 0 Å². The van der Waals surface area contributed by atoms with Gasteiger partial charge in [0.2, 0.25) is 0 Å². The fourth-order valence-corrected chi connectivity index (χ4v) is 2.07. The average molecular weight is 223 g/mol. The van der Waals surface area contributed by atoms with Gasteiger partial charge in [-0.1, -0.05) is 6.07 Å². The second-order valence-electron chi connectivity index (χ2n) is 3.89. The van der Waals surface area contributed by atoms with Crippen molar-refractivity contribution >= 4 is 5.91 Å². The predicted octanol–water partition coefficient (Wildman–Crippen LogP) is 1.21. The van der Waals surface area contributed by atoms with E-state index in [4.69, 9.17) is 5.11 Å². The third kappa shape index (κ3) is 1.93. The largest absolute Gasteiger partial charge is 0.395 e. The van der Waals surface area contributed by atoms with Crippen LogP contribution in [0.3, 0.4) is 0 Å². The first kappa shape index (κ1) is 11.1. The zero-order valence-electron chi connectivity index (χ0n) is 8.95. The number of fused-ring (bicyclic) bond motifs is 1. The van der Waals surface area contributed by atoms with E-state index in [1.165, 1.54) is 6.07 Å². The molecule has 1 aliphatic heterocycles. The van der Waals surface area contributed by atoms with Crippen molar-refractivity contribution in [1.82, 2.24) is 4.90 Å². The van der Waals surface area contributed by atoms with E-state index in [1.54, 1.807) is 17.0 Å². The minimum atomic E-state index is -0.309. The van der Waals surface area contributed by atoms with Gasteiger partial charge in [-0.15, -0.1) is 0 Å². The van der Waals surface area contributed by atoms with Crippen LogP contribution in [0.15, 0.2) is 18.2 Å². The molecular weight excluding hydrogens is 209 g/mol. The maximum Gasteiger partial charge on any atom is 0.254 e. The summed E-state index contributed by atoms with van der Waals surface area (Å²) in [4.78, 5) is 13.6. The number of aliphatic hydroxyl groups excluding tert-OH is 1. The zero-order chi connectivity index (χ0) is 11.5. The summed E-state index contributed by atoms with van der Waals surface area (Å²) in [5.41, 5.74) is 0.943. The molecule has 1 N–H and O–H groups in total. The monoisotopic (exact) mass is 223 g/mol. The summed E-state index contributed by atoms with van der Waals surface area (Å²) in [5.74, 6) is -0.488. The van der Waals surface area contributed by atoms with Crippen LogP contribution in [0.5, 0.6) is 0 Å². The maximum absolute atomic E-state index is 13.5. The number of aliphatic hydroxyl groups is 1. The Labute approximate surface area is 93.5 Å².